The molecular formula is C43H47F2N11O6. The summed E-state index contributed by atoms with van der Waals surface area (Å²) < 4.78 is 46.2. The van der Waals surface area contributed by atoms with E-state index in [1.165, 1.54) is 26.0 Å². The van der Waals surface area contributed by atoms with E-state index in [1.54, 1.807) is 24.0 Å². The van der Waals surface area contributed by atoms with Crippen molar-refractivity contribution in [2.45, 2.75) is 88.1 Å². The molecule has 0 bridgehead atoms. The molecule has 0 radical (unpaired) electrons. The van der Waals surface area contributed by atoms with Crippen LogP contribution in [-0.2, 0) is 26.1 Å². The second-order valence-corrected chi connectivity index (χ2v) is 17.0. The fraction of sp³-hybridized carbons (Fsp3) is 0.512. The molecule has 1 aliphatic carbocycles. The predicted octanol–water partition coefficient (Wildman–Crippen LogP) is 3.60. The third-order valence-corrected chi connectivity index (χ3v) is 13.3. The molecule has 2 N–H and O–H groups in total. The van der Waals surface area contributed by atoms with Gasteiger partial charge in [0, 0.05) is 52.0 Å². The number of para-hydroxylation sites is 1. The molecule has 5 fully saturated rings. The minimum atomic E-state index is -2.86. The Morgan fingerprint density at radius 1 is 1.08 bits per heavy atom. The molecule has 4 aliphatic heterocycles. The van der Waals surface area contributed by atoms with E-state index in [4.69, 9.17) is 9.47 Å². The number of anilines is 2. The molecular weight excluding hydrogens is 805 g/mol. The number of nitrogens with zero attached hydrogens (tertiary/aromatic N) is 9. The van der Waals surface area contributed by atoms with Gasteiger partial charge < -0.3 is 24.6 Å². The number of imidazole rings is 1. The molecule has 62 heavy (non-hydrogen) atoms. The van der Waals surface area contributed by atoms with Gasteiger partial charge in [0.1, 0.15) is 24.0 Å². The molecule has 17 nitrogen and oxygen atoms in total. The van der Waals surface area contributed by atoms with Crippen LogP contribution in [0.25, 0.3) is 16.7 Å². The lowest BCUT2D eigenvalue weighted by molar-refractivity contribution is -0.135. The molecule has 8 heterocycles. The number of aromatic nitrogens is 7. The number of alkyl halides is 2. The number of rotatable bonds is 10. The average Bonchev–Trinajstić information content (AvgIpc) is 3.95. The highest BCUT2D eigenvalue weighted by atomic mass is 19.3. The first kappa shape index (κ1) is 40.1. The average molecular weight is 852 g/mol. The number of halogens is 2. The summed E-state index contributed by atoms with van der Waals surface area (Å²) in [5, 5.41) is 13.5. The molecule has 2 unspecified atom stereocenters. The molecule has 1 saturated carbocycles. The summed E-state index contributed by atoms with van der Waals surface area (Å²) in [6.45, 7) is 4.40. The lowest BCUT2D eigenvalue weighted by atomic mass is 9.85. The van der Waals surface area contributed by atoms with Crippen LogP contribution < -0.4 is 21.2 Å². The van der Waals surface area contributed by atoms with E-state index < -0.39 is 30.0 Å². The molecule has 4 saturated heterocycles. The Labute approximate surface area is 354 Å². The van der Waals surface area contributed by atoms with Gasteiger partial charge in [-0.1, -0.05) is 17.9 Å². The van der Waals surface area contributed by atoms with Crippen molar-refractivity contribution < 1.29 is 32.6 Å². The fourth-order valence-electron chi connectivity index (χ4n) is 9.73. The second kappa shape index (κ2) is 16.4. The van der Waals surface area contributed by atoms with Crippen LogP contribution in [0.4, 0.5) is 20.3 Å². The van der Waals surface area contributed by atoms with Gasteiger partial charge in [0.2, 0.25) is 11.8 Å². The zero-order chi connectivity index (χ0) is 42.6. The highest BCUT2D eigenvalue weighted by Crippen LogP contribution is 2.37. The van der Waals surface area contributed by atoms with Crippen LogP contribution >= 0.6 is 0 Å². The number of imide groups is 1. The number of carbonyl (C=O) groups is 3. The van der Waals surface area contributed by atoms with Gasteiger partial charge in [0.05, 0.1) is 59.4 Å². The topological polar surface area (TPSA) is 175 Å². The van der Waals surface area contributed by atoms with Crippen molar-refractivity contribution in [3.05, 3.63) is 70.2 Å². The molecule has 324 valence electrons. The molecule has 5 aliphatic rings. The Balaban J connectivity index is 0.698. The quantitative estimate of drug-likeness (QED) is 0.155. The van der Waals surface area contributed by atoms with Crippen molar-refractivity contribution in [3.63, 3.8) is 0 Å². The van der Waals surface area contributed by atoms with E-state index in [0.717, 1.165) is 70.5 Å². The van der Waals surface area contributed by atoms with Crippen LogP contribution in [0.1, 0.15) is 91.5 Å². The fourth-order valence-corrected chi connectivity index (χ4v) is 9.73. The van der Waals surface area contributed by atoms with E-state index in [-0.39, 0.29) is 66.6 Å². The number of piperidine rings is 2. The van der Waals surface area contributed by atoms with Crippen molar-refractivity contribution in [2.75, 3.05) is 49.6 Å². The van der Waals surface area contributed by atoms with E-state index in [9.17, 15) is 28.0 Å². The maximum atomic E-state index is 14.3. The third-order valence-electron chi connectivity index (χ3n) is 13.3. The van der Waals surface area contributed by atoms with Crippen molar-refractivity contribution in [1.29, 1.82) is 0 Å². The van der Waals surface area contributed by atoms with Gasteiger partial charge in [-0.05, 0) is 69.1 Å². The summed E-state index contributed by atoms with van der Waals surface area (Å²) in [4.78, 5) is 60.3. The Kier molecular flexibility index (Phi) is 10.6. The van der Waals surface area contributed by atoms with Crippen LogP contribution in [0, 0.1) is 17.8 Å². The zero-order valence-corrected chi connectivity index (χ0v) is 34.2. The maximum absolute atomic E-state index is 14.3. The number of likely N-dealkylation sites (tertiary alicyclic amines) is 1. The first-order valence-corrected chi connectivity index (χ1v) is 21.4. The van der Waals surface area contributed by atoms with Crippen LogP contribution in [0.15, 0.2) is 47.7 Å². The van der Waals surface area contributed by atoms with Gasteiger partial charge in [0.25, 0.3) is 12.3 Å². The number of carbonyl (C=O) groups excluding carboxylic acids is 3. The lowest BCUT2D eigenvalue weighted by Gasteiger charge is -2.55. The minimum Gasteiger partial charge on any atom is -0.372 e. The van der Waals surface area contributed by atoms with Crippen LogP contribution in [0.2, 0.25) is 0 Å². The molecule has 5 aromatic rings. The van der Waals surface area contributed by atoms with Crippen LogP contribution in [0.5, 0.6) is 0 Å². The lowest BCUT2D eigenvalue weighted by Crippen LogP contribution is -2.71. The zero-order valence-electron chi connectivity index (χ0n) is 34.2. The summed E-state index contributed by atoms with van der Waals surface area (Å²) in [7, 11) is 1.66. The minimum absolute atomic E-state index is 0.0121. The summed E-state index contributed by atoms with van der Waals surface area (Å²) in [5.41, 5.74) is 1.61. The van der Waals surface area contributed by atoms with Gasteiger partial charge in [0.15, 0.2) is 11.3 Å². The molecule has 19 heteroatoms. The van der Waals surface area contributed by atoms with E-state index >= 15 is 0 Å². The Morgan fingerprint density at radius 3 is 2.63 bits per heavy atom. The molecule has 0 spiro atoms. The Morgan fingerprint density at radius 2 is 1.90 bits per heavy atom. The van der Waals surface area contributed by atoms with Crippen LogP contribution in [-0.4, -0.2) is 114 Å². The second-order valence-electron chi connectivity index (χ2n) is 17.0. The maximum Gasteiger partial charge on any atom is 0.329 e. The highest BCUT2D eigenvalue weighted by Gasteiger charge is 2.48. The first-order valence-electron chi connectivity index (χ1n) is 21.4. The molecule has 3 atom stereocenters. The van der Waals surface area contributed by atoms with Gasteiger partial charge in [-0.3, -0.25) is 33.5 Å². The summed E-state index contributed by atoms with van der Waals surface area (Å²) in [6.07, 6.45) is 7.80. The number of morpholine rings is 1. The number of amides is 3. The van der Waals surface area contributed by atoms with E-state index in [1.807, 2.05) is 18.2 Å². The SMILES string of the molecule is Cn1c(=O)n(C2CCC(=O)NC2=O)c2cccc(C#CCOC3CCN(C[C@H]4CC[C@H](n5cc(NC(=O)c6cnn7ccc(N8C[C@@H]9OCC98)nc67)c(C(F)F)n5)CC4)CC3)c21. The van der Waals surface area contributed by atoms with Gasteiger partial charge in [-0.15, -0.1) is 0 Å². The van der Waals surface area contributed by atoms with Crippen molar-refractivity contribution in [2.24, 2.45) is 13.0 Å². The van der Waals surface area contributed by atoms with E-state index in [0.29, 0.717) is 34.8 Å². The Hall–Kier alpha value is -5.97. The molecule has 3 amide bonds. The number of nitrogens with one attached hydrogen (secondary N) is 2. The monoisotopic (exact) mass is 851 g/mol. The van der Waals surface area contributed by atoms with Crippen molar-refractivity contribution >= 4 is 45.9 Å². The van der Waals surface area contributed by atoms with Crippen molar-refractivity contribution in [3.8, 4) is 11.8 Å². The predicted molar refractivity (Wildman–Crippen MR) is 221 cm³/mol. The standard InChI is InChI=1S/C43H47F2N11O6/c1-51-38-26(4-2-6-31(38)56(43(51)60)32-11-12-36(57)49-42(32)59)5-3-19-61-28-13-16-52(17-14-28)21-25-7-9-27(10-8-25)55-22-30(37(50-55)39(44)45)47-41(58)29-20-46-54-18-15-35(48-40(29)54)53-23-34-33(53)24-62-34/h2,4,6,15,18,20,22,25,27-28,32-34,39H,7-14,16-17,19,21,23-24H2,1H3,(H,47,58)(H,49,57,59)/t25-,27-,32?,33?,34-/m0/s1. The number of ether oxygens (including phenoxy) is 2. The molecule has 10 rings (SSSR count). The summed E-state index contributed by atoms with van der Waals surface area (Å²) in [5.74, 6) is 6.09. The smallest absolute Gasteiger partial charge is 0.329 e. The summed E-state index contributed by atoms with van der Waals surface area (Å²) >= 11 is 0. The van der Waals surface area contributed by atoms with Gasteiger partial charge in [-0.2, -0.15) is 10.2 Å². The van der Waals surface area contributed by atoms with Crippen LogP contribution in [0.3, 0.4) is 0 Å². The largest absolute Gasteiger partial charge is 0.372 e. The summed E-state index contributed by atoms with van der Waals surface area (Å²) in [6, 6.07) is 6.75. The number of aryl methyl sites for hydroxylation is 1. The molecule has 4 aromatic heterocycles. The highest BCUT2D eigenvalue weighted by molar-refractivity contribution is 6.08. The molecule has 1 aromatic carbocycles. The van der Waals surface area contributed by atoms with Crippen molar-refractivity contribution in [1.82, 2.24) is 43.7 Å². The van der Waals surface area contributed by atoms with Gasteiger partial charge in [-0.25, -0.2) is 23.1 Å². The van der Waals surface area contributed by atoms with E-state index in [2.05, 4.69) is 47.5 Å². The first-order chi connectivity index (χ1) is 30.1. The number of fused-ring (bicyclic) bond motifs is 3. The number of hydrogen-bond acceptors (Lipinski definition) is 11. The third kappa shape index (κ3) is 7.43. The number of hydrogen-bond donors (Lipinski definition) is 2. The Bertz CT molecular complexity index is 2680. The van der Waals surface area contributed by atoms with Gasteiger partial charge >= 0.3 is 5.69 Å². The normalized spacial score (nSPS) is 24.4. The number of benzene rings is 1.